The van der Waals surface area contributed by atoms with E-state index in [-0.39, 0.29) is 17.7 Å². The minimum Gasteiger partial charge on any atom is -0.353 e. The van der Waals surface area contributed by atoms with Crippen LogP contribution in [0.1, 0.15) is 42.6 Å². The molecule has 8 heteroatoms. The van der Waals surface area contributed by atoms with Crippen LogP contribution in [0.3, 0.4) is 0 Å². The molecule has 2 fully saturated rings. The van der Waals surface area contributed by atoms with E-state index in [1.165, 1.54) is 6.42 Å². The number of rotatable bonds is 4. The molecule has 0 aromatic carbocycles. The number of hydrogen-bond donors (Lipinski definition) is 1. The number of aromatic nitrogens is 3. The molecule has 0 unspecified atom stereocenters. The second-order valence-corrected chi connectivity index (χ2v) is 7.83. The van der Waals surface area contributed by atoms with Crippen molar-refractivity contribution in [1.29, 1.82) is 0 Å². The average molecular weight is 396 g/mol. The first-order valence-electron chi connectivity index (χ1n) is 10.4. The van der Waals surface area contributed by atoms with E-state index < -0.39 is 0 Å². The Morgan fingerprint density at radius 2 is 1.83 bits per heavy atom. The highest BCUT2D eigenvalue weighted by molar-refractivity contribution is 5.96. The van der Waals surface area contributed by atoms with Crippen molar-refractivity contribution in [2.45, 2.75) is 32.1 Å². The van der Waals surface area contributed by atoms with E-state index in [9.17, 15) is 9.59 Å². The van der Waals surface area contributed by atoms with Crippen LogP contribution in [-0.4, -0.2) is 57.7 Å². The number of piperazine rings is 1. The highest BCUT2D eigenvalue weighted by Crippen LogP contribution is 2.25. The molecular formula is C21H28N6O2. The van der Waals surface area contributed by atoms with Gasteiger partial charge in [0, 0.05) is 51.4 Å². The Morgan fingerprint density at radius 1 is 1.07 bits per heavy atom. The monoisotopic (exact) mass is 396 g/mol. The molecule has 3 heterocycles. The Kier molecular flexibility index (Phi) is 5.78. The Labute approximate surface area is 170 Å². The van der Waals surface area contributed by atoms with E-state index >= 15 is 0 Å². The van der Waals surface area contributed by atoms with Crippen LogP contribution in [0.2, 0.25) is 0 Å². The van der Waals surface area contributed by atoms with Crippen LogP contribution in [0.15, 0.2) is 30.5 Å². The van der Waals surface area contributed by atoms with Gasteiger partial charge >= 0.3 is 0 Å². The fraction of sp³-hybridized carbons (Fsp3) is 0.524. The maximum atomic E-state index is 12.9. The van der Waals surface area contributed by atoms with Gasteiger partial charge in [0.05, 0.1) is 0 Å². The van der Waals surface area contributed by atoms with Gasteiger partial charge in [-0.2, -0.15) is 5.10 Å². The molecule has 0 bridgehead atoms. The predicted octanol–water partition coefficient (Wildman–Crippen LogP) is 2.30. The van der Waals surface area contributed by atoms with Gasteiger partial charge in [-0.15, -0.1) is 0 Å². The second kappa shape index (κ2) is 8.63. The number of carbonyl (C=O) groups excluding carboxylic acids is 2. The molecule has 4 rings (SSSR count). The molecule has 1 aliphatic heterocycles. The van der Waals surface area contributed by atoms with Gasteiger partial charge in [-0.3, -0.25) is 14.3 Å². The van der Waals surface area contributed by atoms with Gasteiger partial charge < -0.3 is 15.1 Å². The van der Waals surface area contributed by atoms with Crippen molar-refractivity contribution in [2.24, 2.45) is 13.0 Å². The number of nitrogens with one attached hydrogen (secondary N) is 1. The molecule has 2 aromatic rings. The van der Waals surface area contributed by atoms with E-state index in [1.807, 2.05) is 23.1 Å². The van der Waals surface area contributed by atoms with Crippen molar-refractivity contribution in [3.8, 4) is 0 Å². The van der Waals surface area contributed by atoms with Gasteiger partial charge in [0.25, 0.3) is 5.91 Å². The van der Waals surface area contributed by atoms with Crippen LogP contribution in [0.5, 0.6) is 0 Å². The standard InChI is InChI=1S/C21H28N6O2/c1-25-19(23-20(28)16-7-3-2-4-8-16)15-17(24-25)21(29)27-13-11-26(12-14-27)18-9-5-6-10-22-18/h5-6,9-10,15-16H,2-4,7-8,11-14H2,1H3,(H,23,28). The zero-order valence-corrected chi connectivity index (χ0v) is 16.9. The third-order valence-electron chi connectivity index (χ3n) is 5.87. The molecule has 0 radical (unpaired) electrons. The van der Waals surface area contributed by atoms with Crippen LogP contribution in [0, 0.1) is 5.92 Å². The van der Waals surface area contributed by atoms with E-state index in [0.717, 1.165) is 44.6 Å². The Bertz CT molecular complexity index is 851. The van der Waals surface area contributed by atoms with Gasteiger partial charge in [-0.25, -0.2) is 4.98 Å². The normalized spacial score (nSPS) is 18.0. The first kappa shape index (κ1) is 19.4. The average Bonchev–Trinajstić information content (AvgIpc) is 3.14. The van der Waals surface area contributed by atoms with Crippen LogP contribution in [0.25, 0.3) is 0 Å². The summed E-state index contributed by atoms with van der Waals surface area (Å²) >= 11 is 0. The molecule has 154 valence electrons. The lowest BCUT2D eigenvalue weighted by molar-refractivity contribution is -0.120. The second-order valence-electron chi connectivity index (χ2n) is 7.83. The van der Waals surface area contributed by atoms with E-state index in [0.29, 0.717) is 24.6 Å². The fourth-order valence-electron chi connectivity index (χ4n) is 4.12. The number of anilines is 2. The van der Waals surface area contributed by atoms with Gasteiger partial charge in [0.2, 0.25) is 5.91 Å². The first-order chi connectivity index (χ1) is 14.1. The third kappa shape index (κ3) is 4.41. The zero-order chi connectivity index (χ0) is 20.2. The smallest absolute Gasteiger partial charge is 0.274 e. The SMILES string of the molecule is Cn1nc(C(=O)N2CCN(c3ccccn3)CC2)cc1NC(=O)C1CCCCC1. The minimum atomic E-state index is -0.0977. The lowest BCUT2D eigenvalue weighted by Gasteiger charge is -2.35. The van der Waals surface area contributed by atoms with Crippen LogP contribution in [0.4, 0.5) is 11.6 Å². The van der Waals surface area contributed by atoms with E-state index in [1.54, 1.807) is 24.0 Å². The molecule has 2 aromatic heterocycles. The molecule has 0 atom stereocenters. The van der Waals surface area contributed by atoms with Crippen molar-refractivity contribution in [2.75, 3.05) is 36.4 Å². The molecule has 29 heavy (non-hydrogen) atoms. The summed E-state index contributed by atoms with van der Waals surface area (Å²) in [7, 11) is 1.76. The van der Waals surface area contributed by atoms with Crippen LogP contribution >= 0.6 is 0 Å². The van der Waals surface area contributed by atoms with Crippen molar-refractivity contribution in [3.05, 3.63) is 36.2 Å². The maximum Gasteiger partial charge on any atom is 0.274 e. The highest BCUT2D eigenvalue weighted by atomic mass is 16.2. The number of aryl methyl sites for hydroxylation is 1. The molecular weight excluding hydrogens is 368 g/mol. The summed E-state index contributed by atoms with van der Waals surface area (Å²) in [6, 6.07) is 7.54. The third-order valence-corrected chi connectivity index (χ3v) is 5.87. The maximum absolute atomic E-state index is 12.9. The van der Waals surface area contributed by atoms with Crippen LogP contribution in [-0.2, 0) is 11.8 Å². The quantitative estimate of drug-likeness (QED) is 0.857. The van der Waals surface area contributed by atoms with Gasteiger partial charge in [0.1, 0.15) is 11.6 Å². The minimum absolute atomic E-state index is 0.0377. The lowest BCUT2D eigenvalue weighted by atomic mass is 9.89. The topological polar surface area (TPSA) is 83.4 Å². The fourth-order valence-corrected chi connectivity index (χ4v) is 4.12. The van der Waals surface area contributed by atoms with Crippen molar-refractivity contribution < 1.29 is 9.59 Å². The van der Waals surface area contributed by atoms with Crippen LogP contribution < -0.4 is 10.2 Å². The molecule has 8 nitrogen and oxygen atoms in total. The number of hydrogen-bond acceptors (Lipinski definition) is 5. The summed E-state index contributed by atoms with van der Waals surface area (Å²) in [6.45, 7) is 2.72. The lowest BCUT2D eigenvalue weighted by Crippen LogP contribution is -2.49. The Morgan fingerprint density at radius 3 is 2.52 bits per heavy atom. The number of nitrogens with zero attached hydrogens (tertiary/aromatic N) is 5. The first-order valence-corrected chi connectivity index (χ1v) is 10.4. The summed E-state index contributed by atoms with van der Waals surface area (Å²) in [4.78, 5) is 33.8. The largest absolute Gasteiger partial charge is 0.353 e. The number of carbonyl (C=O) groups is 2. The summed E-state index contributed by atoms with van der Waals surface area (Å²) < 4.78 is 1.58. The molecule has 1 saturated heterocycles. The molecule has 1 saturated carbocycles. The van der Waals surface area contributed by atoms with E-state index in [4.69, 9.17) is 0 Å². The van der Waals surface area contributed by atoms with Gasteiger partial charge in [-0.05, 0) is 25.0 Å². The van der Waals surface area contributed by atoms with Crippen molar-refractivity contribution >= 4 is 23.5 Å². The zero-order valence-electron chi connectivity index (χ0n) is 16.9. The summed E-state index contributed by atoms with van der Waals surface area (Å²) in [5.41, 5.74) is 0.373. The van der Waals surface area contributed by atoms with E-state index in [2.05, 4.69) is 20.3 Å². The molecule has 1 aliphatic carbocycles. The van der Waals surface area contributed by atoms with Gasteiger partial charge in [-0.1, -0.05) is 25.3 Å². The van der Waals surface area contributed by atoms with Gasteiger partial charge in [0.15, 0.2) is 5.69 Å². The predicted molar refractivity (Wildman–Crippen MR) is 111 cm³/mol. The molecule has 0 spiro atoms. The summed E-state index contributed by atoms with van der Waals surface area (Å²) in [5, 5.41) is 7.31. The Hall–Kier alpha value is -2.90. The summed E-state index contributed by atoms with van der Waals surface area (Å²) in [5.74, 6) is 1.52. The Balaban J connectivity index is 1.36. The number of pyridine rings is 1. The number of amides is 2. The summed E-state index contributed by atoms with van der Waals surface area (Å²) in [6.07, 6.45) is 7.09. The van der Waals surface area contributed by atoms with Crippen molar-refractivity contribution in [3.63, 3.8) is 0 Å². The highest BCUT2D eigenvalue weighted by Gasteiger charge is 2.26. The molecule has 2 amide bonds. The molecule has 2 aliphatic rings. The molecule has 1 N–H and O–H groups in total. The van der Waals surface area contributed by atoms with Crippen molar-refractivity contribution in [1.82, 2.24) is 19.7 Å².